The molecule has 6 rings (SSSR count). The van der Waals surface area contributed by atoms with E-state index in [-0.39, 0.29) is 35.6 Å². The van der Waals surface area contributed by atoms with Gasteiger partial charge in [0.1, 0.15) is 0 Å². The van der Waals surface area contributed by atoms with Gasteiger partial charge in [-0.3, -0.25) is 18.8 Å². The summed E-state index contributed by atoms with van der Waals surface area (Å²) >= 11 is 0. The van der Waals surface area contributed by atoms with E-state index in [9.17, 15) is 18.0 Å². The van der Waals surface area contributed by atoms with E-state index in [0.29, 0.717) is 43.0 Å². The molecule has 2 aliphatic carbocycles. The molecule has 222 valence electrons. The molecule has 0 aromatic carbocycles. The van der Waals surface area contributed by atoms with Crippen molar-refractivity contribution in [2.24, 2.45) is 17.8 Å². The van der Waals surface area contributed by atoms with Gasteiger partial charge in [-0.25, -0.2) is 15.6 Å². The summed E-state index contributed by atoms with van der Waals surface area (Å²) in [7, 11) is 2.13. The molecule has 4 heterocycles. The number of rotatable bonds is 6. The zero-order valence-electron chi connectivity index (χ0n) is 23.8. The summed E-state index contributed by atoms with van der Waals surface area (Å²) in [6, 6.07) is 0.879. The van der Waals surface area contributed by atoms with Crippen molar-refractivity contribution in [3.05, 3.63) is 40.1 Å². The minimum Gasteiger partial charge on any atom is -0.376 e. The number of nitrogens with zero attached hydrogens (tertiary/aromatic N) is 4. The molecular weight excluding hydrogens is 521 g/mol. The van der Waals surface area contributed by atoms with Gasteiger partial charge in [-0.2, -0.15) is 13.2 Å². The van der Waals surface area contributed by atoms with Gasteiger partial charge < -0.3 is 4.74 Å². The maximum Gasteiger partial charge on any atom is 0.418 e. The lowest BCUT2D eigenvalue weighted by atomic mass is 9.65. The summed E-state index contributed by atoms with van der Waals surface area (Å²) in [5.74, 6) is 1.52. The van der Waals surface area contributed by atoms with Crippen LogP contribution < -0.4 is 16.5 Å². The molecule has 0 amide bonds. The number of halogens is 3. The number of imidazole rings is 1. The number of morpholine rings is 1. The Morgan fingerprint density at radius 3 is 2.50 bits per heavy atom. The lowest BCUT2D eigenvalue weighted by Gasteiger charge is -2.46. The number of aromatic nitrogens is 2. The van der Waals surface area contributed by atoms with Crippen LogP contribution in [0.4, 0.5) is 13.2 Å². The Morgan fingerprint density at radius 1 is 1.10 bits per heavy atom. The van der Waals surface area contributed by atoms with Crippen LogP contribution in [0.2, 0.25) is 0 Å². The first-order valence-electron chi connectivity index (χ1n) is 15.0. The molecular formula is C29H43F3N6O2. The minimum absolute atomic E-state index is 0.0174. The number of hydrazine groups is 1. The van der Waals surface area contributed by atoms with Gasteiger partial charge in [-0.1, -0.05) is 25.7 Å². The second-order valence-corrected chi connectivity index (χ2v) is 12.6. The normalized spacial score (nSPS) is 30.9. The fraction of sp³-hybridized carbons (Fsp3) is 0.759. The minimum atomic E-state index is -4.56. The average Bonchev–Trinajstić information content (AvgIpc) is 3.47. The first-order valence-corrected chi connectivity index (χ1v) is 15.0. The molecule has 4 fully saturated rings. The molecule has 11 heteroatoms. The van der Waals surface area contributed by atoms with Crippen LogP contribution in [0.3, 0.4) is 0 Å². The fourth-order valence-corrected chi connectivity index (χ4v) is 7.75. The largest absolute Gasteiger partial charge is 0.418 e. The van der Waals surface area contributed by atoms with E-state index in [0.717, 1.165) is 32.4 Å². The van der Waals surface area contributed by atoms with Crippen molar-refractivity contribution in [3.8, 4) is 0 Å². The van der Waals surface area contributed by atoms with E-state index in [1.54, 1.807) is 10.8 Å². The summed E-state index contributed by atoms with van der Waals surface area (Å²) in [4.78, 5) is 18.2. The van der Waals surface area contributed by atoms with Gasteiger partial charge in [0, 0.05) is 37.6 Å². The smallest absolute Gasteiger partial charge is 0.376 e. The maximum absolute atomic E-state index is 14.4. The van der Waals surface area contributed by atoms with Crippen LogP contribution in [0.15, 0.2) is 23.3 Å². The Labute approximate surface area is 233 Å². The van der Waals surface area contributed by atoms with Crippen molar-refractivity contribution >= 4 is 5.52 Å². The summed E-state index contributed by atoms with van der Waals surface area (Å²) in [6.45, 7) is 6.51. The second-order valence-electron chi connectivity index (χ2n) is 12.6. The SMILES string of the molecule is C[C@@H]1CN([C@@H](C)c2cc(C(F)(F)F)c3cn(C4CCCC([C@@H](C5CCC5)C5NNCN5C)C4)c(=O)n3c2)CCO1. The zero-order chi connectivity index (χ0) is 28.2. The molecule has 2 saturated heterocycles. The Balaban J connectivity index is 1.33. The van der Waals surface area contributed by atoms with Crippen LogP contribution in [0.25, 0.3) is 5.52 Å². The van der Waals surface area contributed by atoms with Gasteiger partial charge in [0.25, 0.3) is 0 Å². The highest BCUT2D eigenvalue weighted by Crippen LogP contribution is 2.47. The summed E-state index contributed by atoms with van der Waals surface area (Å²) < 4.78 is 51.7. The Hall–Kier alpha value is -1.92. The van der Waals surface area contributed by atoms with Gasteiger partial charge in [0.05, 0.1) is 36.6 Å². The van der Waals surface area contributed by atoms with Crippen molar-refractivity contribution in [1.82, 2.24) is 29.6 Å². The molecule has 2 aliphatic heterocycles. The van der Waals surface area contributed by atoms with E-state index in [1.807, 2.05) is 13.8 Å². The summed E-state index contributed by atoms with van der Waals surface area (Å²) in [5.41, 5.74) is 6.10. The van der Waals surface area contributed by atoms with Crippen molar-refractivity contribution in [3.63, 3.8) is 0 Å². The molecule has 2 aromatic rings. The Kier molecular flexibility index (Phi) is 7.80. The van der Waals surface area contributed by atoms with Crippen molar-refractivity contribution in [1.29, 1.82) is 0 Å². The number of nitrogens with one attached hydrogen (secondary N) is 2. The molecule has 0 bridgehead atoms. The summed E-state index contributed by atoms with van der Waals surface area (Å²) in [6.07, 6.45) is 6.23. The first kappa shape index (κ1) is 28.2. The standard InChI is InChI=1S/C29H43F3N6O2/c1-18-14-36(10-11-40-18)19(2)22-13-24(29(30,31)32)25-16-37(28(39)38(25)15-22)23-9-5-8-21(12-23)26(20-6-4-7-20)27-34-33-17-35(27)3/h13,15-16,18-21,23,26-27,33-34H,4-12,14,17H2,1-3H3/t18-,19+,21?,23?,26-,27?/m1/s1. The number of ether oxygens (including phenoxy) is 1. The van der Waals surface area contributed by atoms with E-state index in [4.69, 9.17) is 4.74 Å². The van der Waals surface area contributed by atoms with Gasteiger partial charge in [-0.15, -0.1) is 0 Å². The molecule has 2 saturated carbocycles. The molecule has 2 N–H and O–H groups in total. The molecule has 40 heavy (non-hydrogen) atoms. The van der Waals surface area contributed by atoms with Crippen LogP contribution >= 0.6 is 0 Å². The predicted octanol–water partition coefficient (Wildman–Crippen LogP) is 4.37. The maximum atomic E-state index is 14.4. The third-order valence-electron chi connectivity index (χ3n) is 10.2. The highest BCUT2D eigenvalue weighted by atomic mass is 19.4. The number of hydrogen-bond donors (Lipinski definition) is 2. The number of pyridine rings is 1. The van der Waals surface area contributed by atoms with Crippen LogP contribution in [-0.2, 0) is 10.9 Å². The van der Waals surface area contributed by atoms with Gasteiger partial charge >= 0.3 is 11.9 Å². The molecule has 2 aromatic heterocycles. The fourth-order valence-electron chi connectivity index (χ4n) is 7.75. The highest BCUT2D eigenvalue weighted by molar-refractivity contribution is 5.56. The molecule has 0 radical (unpaired) electrons. The van der Waals surface area contributed by atoms with Crippen molar-refractivity contribution in [2.75, 3.05) is 33.4 Å². The van der Waals surface area contributed by atoms with Crippen LogP contribution in [-0.4, -0.2) is 64.5 Å². The van der Waals surface area contributed by atoms with E-state index in [2.05, 4.69) is 27.7 Å². The number of fused-ring (bicyclic) bond motifs is 1. The zero-order valence-corrected chi connectivity index (χ0v) is 23.8. The number of hydrogen-bond acceptors (Lipinski definition) is 6. The Bertz CT molecular complexity index is 1260. The van der Waals surface area contributed by atoms with Crippen LogP contribution in [0.5, 0.6) is 0 Å². The Morgan fingerprint density at radius 2 is 1.85 bits per heavy atom. The van der Waals surface area contributed by atoms with Crippen LogP contribution in [0, 0.1) is 17.8 Å². The van der Waals surface area contributed by atoms with Gasteiger partial charge in [0.15, 0.2) is 0 Å². The molecule has 0 spiro atoms. The third kappa shape index (κ3) is 5.24. The monoisotopic (exact) mass is 564 g/mol. The first-order chi connectivity index (χ1) is 19.1. The third-order valence-corrected chi connectivity index (χ3v) is 10.2. The van der Waals surface area contributed by atoms with Crippen molar-refractivity contribution < 1.29 is 17.9 Å². The molecule has 3 unspecified atom stereocenters. The lowest BCUT2D eigenvalue weighted by molar-refractivity contribution is -0.136. The quantitative estimate of drug-likeness (QED) is 0.543. The second kappa shape index (κ2) is 11.1. The van der Waals surface area contributed by atoms with E-state index in [1.165, 1.54) is 35.9 Å². The topological polar surface area (TPSA) is 66.2 Å². The highest BCUT2D eigenvalue weighted by Gasteiger charge is 2.44. The molecule has 4 aliphatic rings. The van der Waals surface area contributed by atoms with E-state index < -0.39 is 11.7 Å². The molecule has 8 nitrogen and oxygen atoms in total. The predicted molar refractivity (Wildman–Crippen MR) is 147 cm³/mol. The van der Waals surface area contributed by atoms with Crippen molar-refractivity contribution in [2.45, 2.75) is 89.3 Å². The van der Waals surface area contributed by atoms with Gasteiger partial charge in [0.2, 0.25) is 0 Å². The molecule has 6 atom stereocenters. The lowest BCUT2D eigenvalue weighted by Crippen LogP contribution is -2.50. The average molecular weight is 565 g/mol. The summed E-state index contributed by atoms with van der Waals surface area (Å²) in [5, 5.41) is 0. The van der Waals surface area contributed by atoms with Gasteiger partial charge in [-0.05, 0) is 69.5 Å². The van der Waals surface area contributed by atoms with Crippen LogP contribution in [0.1, 0.15) is 82.0 Å². The number of alkyl halides is 3. The van der Waals surface area contributed by atoms with E-state index >= 15 is 0 Å².